The Labute approximate surface area is 138 Å². The molecule has 0 unspecified atom stereocenters. The number of halogens is 1. The lowest BCUT2D eigenvalue weighted by Crippen LogP contribution is -2.24. The van der Waals surface area contributed by atoms with Gasteiger partial charge in [-0.15, -0.1) is 0 Å². The van der Waals surface area contributed by atoms with Crippen LogP contribution in [0.3, 0.4) is 0 Å². The molecule has 0 bridgehead atoms. The maximum Gasteiger partial charge on any atom is 0.232 e. The number of hydrogen-bond donors (Lipinski definition) is 1. The first-order valence-corrected chi connectivity index (χ1v) is 7.42. The molecule has 1 N–H and O–H groups in total. The highest BCUT2D eigenvalue weighted by molar-refractivity contribution is 5.95. The van der Waals surface area contributed by atoms with Crippen molar-refractivity contribution in [1.29, 1.82) is 0 Å². The SMILES string of the molecule is Cc1ccc(C[C@H](C(=O)Nc2ccc(F)cc2)c2nnn[n-]2)cc1. The van der Waals surface area contributed by atoms with Gasteiger partial charge in [0.1, 0.15) is 5.82 Å². The van der Waals surface area contributed by atoms with Crippen LogP contribution in [-0.4, -0.2) is 21.4 Å². The van der Waals surface area contributed by atoms with Gasteiger partial charge in [0.05, 0.1) is 5.92 Å². The average Bonchev–Trinajstić information content (AvgIpc) is 3.10. The van der Waals surface area contributed by atoms with Crippen LogP contribution in [0.1, 0.15) is 22.9 Å². The Morgan fingerprint density at radius 2 is 1.88 bits per heavy atom. The molecule has 3 rings (SSSR count). The van der Waals surface area contributed by atoms with Crippen molar-refractivity contribution in [3.05, 3.63) is 71.3 Å². The topological polar surface area (TPSA) is 81.9 Å². The molecule has 7 heteroatoms. The third kappa shape index (κ3) is 3.81. The van der Waals surface area contributed by atoms with Crippen molar-refractivity contribution in [3.8, 4) is 0 Å². The third-order valence-electron chi connectivity index (χ3n) is 3.63. The lowest BCUT2D eigenvalue weighted by molar-refractivity contribution is -0.117. The number of nitrogens with one attached hydrogen (secondary N) is 1. The quantitative estimate of drug-likeness (QED) is 0.778. The van der Waals surface area contributed by atoms with E-state index in [2.05, 4.69) is 25.9 Å². The van der Waals surface area contributed by atoms with Gasteiger partial charge in [0.2, 0.25) is 5.91 Å². The van der Waals surface area contributed by atoms with E-state index >= 15 is 0 Å². The summed E-state index contributed by atoms with van der Waals surface area (Å²) in [6.07, 6.45) is 0.417. The van der Waals surface area contributed by atoms with Crippen molar-refractivity contribution in [2.75, 3.05) is 5.32 Å². The van der Waals surface area contributed by atoms with Gasteiger partial charge in [-0.05, 0) is 43.2 Å². The Morgan fingerprint density at radius 1 is 1.17 bits per heavy atom. The number of rotatable bonds is 5. The fourth-order valence-corrected chi connectivity index (χ4v) is 2.31. The number of hydrogen-bond acceptors (Lipinski definition) is 4. The summed E-state index contributed by atoms with van der Waals surface area (Å²) in [5.74, 6) is -1.03. The second kappa shape index (κ2) is 6.99. The molecule has 0 aliphatic carbocycles. The molecule has 0 aliphatic heterocycles. The predicted octanol–water partition coefficient (Wildman–Crippen LogP) is 2.24. The standard InChI is InChI=1S/C17H16FN5O/c1-11-2-4-12(5-3-11)10-15(16-20-22-23-21-16)17(24)19-14-8-6-13(18)7-9-14/h2-9,15H,10H2,1H3,(H2,19,20,21,22,23,24)/p-1/t15-/m0/s1. The maximum atomic E-state index is 13.0. The number of benzene rings is 2. The molecule has 0 radical (unpaired) electrons. The van der Waals surface area contributed by atoms with Crippen LogP contribution in [0.15, 0.2) is 48.5 Å². The van der Waals surface area contributed by atoms with Gasteiger partial charge in [-0.25, -0.2) is 4.39 Å². The van der Waals surface area contributed by atoms with E-state index in [9.17, 15) is 9.18 Å². The highest BCUT2D eigenvalue weighted by Gasteiger charge is 2.21. The van der Waals surface area contributed by atoms with Gasteiger partial charge in [-0.3, -0.25) is 15.1 Å². The molecule has 0 saturated heterocycles. The molecule has 0 aliphatic rings. The minimum Gasteiger partial charge on any atom is -0.335 e. The molecule has 24 heavy (non-hydrogen) atoms. The van der Waals surface area contributed by atoms with E-state index in [0.717, 1.165) is 11.1 Å². The summed E-state index contributed by atoms with van der Waals surface area (Å²) in [5.41, 5.74) is 2.62. The van der Waals surface area contributed by atoms with Crippen molar-refractivity contribution in [3.63, 3.8) is 0 Å². The summed E-state index contributed by atoms with van der Waals surface area (Å²) in [6, 6.07) is 13.4. The Balaban J connectivity index is 1.80. The number of amides is 1. The minimum absolute atomic E-state index is 0.259. The van der Waals surface area contributed by atoms with Crippen molar-refractivity contribution < 1.29 is 9.18 Å². The smallest absolute Gasteiger partial charge is 0.232 e. The summed E-state index contributed by atoms with van der Waals surface area (Å²) < 4.78 is 13.0. The van der Waals surface area contributed by atoms with Crippen molar-refractivity contribution in [1.82, 2.24) is 20.6 Å². The van der Waals surface area contributed by atoms with Gasteiger partial charge in [-0.2, -0.15) is 5.21 Å². The molecule has 0 spiro atoms. The lowest BCUT2D eigenvalue weighted by atomic mass is 9.97. The number of carbonyl (C=O) groups is 1. The van der Waals surface area contributed by atoms with Gasteiger partial charge in [0.15, 0.2) is 0 Å². The summed E-state index contributed by atoms with van der Waals surface area (Å²) in [6.45, 7) is 2.00. The summed E-state index contributed by atoms with van der Waals surface area (Å²) >= 11 is 0. The third-order valence-corrected chi connectivity index (χ3v) is 3.63. The van der Waals surface area contributed by atoms with Crippen molar-refractivity contribution in [2.45, 2.75) is 19.3 Å². The number of tetrazole rings is 1. The van der Waals surface area contributed by atoms with Crippen LogP contribution in [-0.2, 0) is 11.2 Å². The molecular formula is C17H15FN5O-. The molecule has 3 aromatic rings. The molecule has 122 valence electrons. The number of anilines is 1. The largest absolute Gasteiger partial charge is 0.335 e. The van der Waals surface area contributed by atoms with Crippen LogP contribution in [0.5, 0.6) is 0 Å². The van der Waals surface area contributed by atoms with Crippen LogP contribution < -0.4 is 10.4 Å². The van der Waals surface area contributed by atoms with E-state index in [1.54, 1.807) is 0 Å². The number of carbonyl (C=O) groups excluding carboxylic acids is 1. The molecule has 1 amide bonds. The zero-order valence-electron chi connectivity index (χ0n) is 13.0. The van der Waals surface area contributed by atoms with Gasteiger partial charge in [0.25, 0.3) is 0 Å². The predicted molar refractivity (Wildman–Crippen MR) is 85.8 cm³/mol. The van der Waals surface area contributed by atoms with Gasteiger partial charge < -0.3 is 10.4 Å². The van der Waals surface area contributed by atoms with E-state index < -0.39 is 5.92 Å². The Morgan fingerprint density at radius 3 is 2.50 bits per heavy atom. The first-order chi connectivity index (χ1) is 11.6. The molecule has 0 saturated carbocycles. The Kier molecular flexibility index (Phi) is 4.60. The molecule has 1 heterocycles. The van der Waals surface area contributed by atoms with Crippen LogP contribution in [0.25, 0.3) is 0 Å². The number of aromatic nitrogens is 4. The highest BCUT2D eigenvalue weighted by atomic mass is 19.1. The number of aryl methyl sites for hydroxylation is 1. The highest BCUT2D eigenvalue weighted by Crippen LogP contribution is 2.20. The molecule has 1 atom stereocenters. The molecule has 2 aromatic carbocycles. The van der Waals surface area contributed by atoms with Gasteiger partial charge in [-0.1, -0.05) is 29.8 Å². The van der Waals surface area contributed by atoms with E-state index in [4.69, 9.17) is 0 Å². The van der Waals surface area contributed by atoms with Crippen LogP contribution >= 0.6 is 0 Å². The Bertz CT molecular complexity index is 800. The first kappa shape index (κ1) is 15.8. The summed E-state index contributed by atoms with van der Waals surface area (Å²) in [7, 11) is 0. The Hall–Kier alpha value is -3.09. The van der Waals surface area contributed by atoms with Crippen LogP contribution in [0.4, 0.5) is 10.1 Å². The second-order valence-electron chi connectivity index (χ2n) is 5.48. The fourth-order valence-electron chi connectivity index (χ4n) is 2.31. The monoisotopic (exact) mass is 324 g/mol. The number of nitrogens with zero attached hydrogens (tertiary/aromatic N) is 4. The average molecular weight is 324 g/mol. The normalized spacial score (nSPS) is 11.9. The lowest BCUT2D eigenvalue weighted by Gasteiger charge is -2.17. The zero-order valence-corrected chi connectivity index (χ0v) is 13.0. The van der Waals surface area contributed by atoms with E-state index in [0.29, 0.717) is 12.1 Å². The maximum absolute atomic E-state index is 13.0. The first-order valence-electron chi connectivity index (χ1n) is 7.42. The van der Waals surface area contributed by atoms with E-state index in [1.807, 2.05) is 31.2 Å². The van der Waals surface area contributed by atoms with Crippen LogP contribution in [0.2, 0.25) is 0 Å². The van der Waals surface area contributed by atoms with Gasteiger partial charge in [0, 0.05) is 11.5 Å². The van der Waals surface area contributed by atoms with Crippen molar-refractivity contribution in [2.24, 2.45) is 0 Å². The van der Waals surface area contributed by atoms with E-state index in [-0.39, 0.29) is 17.5 Å². The summed E-state index contributed by atoms with van der Waals surface area (Å²) in [5, 5.41) is 17.3. The van der Waals surface area contributed by atoms with Gasteiger partial charge >= 0.3 is 0 Å². The minimum atomic E-state index is -0.632. The van der Waals surface area contributed by atoms with Crippen molar-refractivity contribution >= 4 is 11.6 Å². The molecule has 0 fully saturated rings. The van der Waals surface area contributed by atoms with E-state index in [1.165, 1.54) is 24.3 Å². The molecule has 6 nitrogen and oxygen atoms in total. The molecular weight excluding hydrogens is 309 g/mol. The molecule has 1 aromatic heterocycles. The summed E-state index contributed by atoms with van der Waals surface area (Å²) in [4.78, 5) is 12.6. The second-order valence-corrected chi connectivity index (χ2v) is 5.48. The zero-order chi connectivity index (χ0) is 16.9. The van der Waals surface area contributed by atoms with Crippen LogP contribution in [0, 0.1) is 12.7 Å². The fraction of sp³-hybridized carbons (Fsp3) is 0.176.